The van der Waals surface area contributed by atoms with Gasteiger partial charge in [-0.2, -0.15) is 0 Å². The number of anilines is 2. The van der Waals surface area contributed by atoms with Crippen LogP contribution < -0.4 is 10.2 Å². The van der Waals surface area contributed by atoms with E-state index in [0.717, 1.165) is 24.9 Å². The molecule has 0 saturated heterocycles. The topological polar surface area (TPSA) is 69.6 Å². The summed E-state index contributed by atoms with van der Waals surface area (Å²) in [5, 5.41) is 12.3. The van der Waals surface area contributed by atoms with E-state index in [1.54, 1.807) is 24.3 Å². The second kappa shape index (κ2) is 8.33. The molecule has 0 aliphatic carbocycles. The van der Waals surface area contributed by atoms with Crippen LogP contribution in [0.1, 0.15) is 46.0 Å². The quantitative estimate of drug-likeness (QED) is 0.793. The third kappa shape index (κ3) is 4.83. The van der Waals surface area contributed by atoms with Crippen LogP contribution in [0.3, 0.4) is 0 Å². The Kier molecular flexibility index (Phi) is 6.17. The maximum Gasteiger partial charge on any atom is 0.337 e. The summed E-state index contributed by atoms with van der Waals surface area (Å²) in [6.45, 7) is 4.79. The van der Waals surface area contributed by atoms with Crippen molar-refractivity contribution in [1.29, 1.82) is 0 Å². The summed E-state index contributed by atoms with van der Waals surface area (Å²) < 4.78 is 0. The minimum Gasteiger partial charge on any atom is -0.478 e. The molecule has 0 radical (unpaired) electrons. The minimum absolute atomic E-state index is 0.181. The van der Waals surface area contributed by atoms with Crippen LogP contribution in [0.15, 0.2) is 42.5 Å². The number of aryl methyl sites for hydroxylation is 1. The highest BCUT2D eigenvalue weighted by molar-refractivity contribution is 6.05. The van der Waals surface area contributed by atoms with Crippen LogP contribution in [0.25, 0.3) is 0 Å². The van der Waals surface area contributed by atoms with Crippen molar-refractivity contribution in [2.45, 2.75) is 26.7 Å². The highest BCUT2D eigenvalue weighted by Crippen LogP contribution is 2.24. The Bertz CT molecular complexity index is 771. The molecule has 0 aliphatic rings. The smallest absolute Gasteiger partial charge is 0.337 e. The number of carboxylic acid groups (broad SMARTS) is 1. The summed E-state index contributed by atoms with van der Waals surface area (Å²) in [7, 11) is 1.88. The Balaban J connectivity index is 2.23. The number of hydrogen-bond acceptors (Lipinski definition) is 3. The van der Waals surface area contributed by atoms with Gasteiger partial charge in [-0.05, 0) is 43.7 Å². The maximum atomic E-state index is 12.3. The predicted molar refractivity (Wildman–Crippen MR) is 101 cm³/mol. The van der Waals surface area contributed by atoms with E-state index in [1.807, 2.05) is 31.0 Å². The highest BCUT2D eigenvalue weighted by atomic mass is 16.4. The summed E-state index contributed by atoms with van der Waals surface area (Å²) in [5.74, 6) is -1.27. The normalized spacial score (nSPS) is 10.4. The zero-order valence-corrected chi connectivity index (χ0v) is 14.9. The van der Waals surface area contributed by atoms with Crippen LogP contribution in [0.2, 0.25) is 0 Å². The number of nitrogens with one attached hydrogen (secondary N) is 1. The monoisotopic (exact) mass is 340 g/mol. The van der Waals surface area contributed by atoms with Crippen LogP contribution in [-0.2, 0) is 0 Å². The van der Waals surface area contributed by atoms with Crippen LogP contribution in [-0.4, -0.2) is 30.6 Å². The Labute approximate surface area is 148 Å². The van der Waals surface area contributed by atoms with Gasteiger partial charge in [-0.3, -0.25) is 4.79 Å². The Morgan fingerprint density at radius 1 is 1.16 bits per heavy atom. The van der Waals surface area contributed by atoms with Gasteiger partial charge in [-0.15, -0.1) is 0 Å². The van der Waals surface area contributed by atoms with Crippen molar-refractivity contribution in [3.63, 3.8) is 0 Å². The third-order valence-electron chi connectivity index (χ3n) is 4.02. The van der Waals surface area contributed by atoms with E-state index in [1.165, 1.54) is 6.07 Å². The number of carbonyl (C=O) groups excluding carboxylic acids is 1. The van der Waals surface area contributed by atoms with Gasteiger partial charge in [0.25, 0.3) is 5.91 Å². The molecule has 2 N–H and O–H groups in total. The molecule has 2 rings (SSSR count). The maximum absolute atomic E-state index is 12.3. The van der Waals surface area contributed by atoms with Gasteiger partial charge in [-0.25, -0.2) is 4.79 Å². The number of unbranched alkanes of at least 4 members (excludes halogenated alkanes) is 1. The zero-order valence-electron chi connectivity index (χ0n) is 14.9. The molecule has 0 atom stereocenters. The third-order valence-corrected chi connectivity index (χ3v) is 4.02. The number of hydrogen-bond donors (Lipinski definition) is 2. The van der Waals surface area contributed by atoms with Gasteiger partial charge in [0.15, 0.2) is 0 Å². The lowest BCUT2D eigenvalue weighted by molar-refractivity contribution is 0.0697. The largest absolute Gasteiger partial charge is 0.478 e. The van der Waals surface area contributed by atoms with Gasteiger partial charge >= 0.3 is 5.97 Å². The van der Waals surface area contributed by atoms with Gasteiger partial charge in [0.05, 0.1) is 11.3 Å². The molecule has 0 aliphatic heterocycles. The summed E-state index contributed by atoms with van der Waals surface area (Å²) in [6, 6.07) is 12.2. The Morgan fingerprint density at radius 2 is 1.92 bits per heavy atom. The van der Waals surface area contributed by atoms with E-state index < -0.39 is 5.97 Å². The van der Waals surface area contributed by atoms with Crippen LogP contribution >= 0.6 is 0 Å². The van der Waals surface area contributed by atoms with Crippen molar-refractivity contribution in [2.24, 2.45) is 0 Å². The highest BCUT2D eigenvalue weighted by Gasteiger charge is 2.15. The Hall–Kier alpha value is -2.82. The molecule has 1 amide bonds. The fourth-order valence-electron chi connectivity index (χ4n) is 2.62. The number of rotatable bonds is 7. The van der Waals surface area contributed by atoms with E-state index in [4.69, 9.17) is 0 Å². The molecular weight excluding hydrogens is 316 g/mol. The van der Waals surface area contributed by atoms with Gasteiger partial charge < -0.3 is 15.3 Å². The van der Waals surface area contributed by atoms with Gasteiger partial charge in [0, 0.05) is 24.8 Å². The average molecular weight is 340 g/mol. The molecule has 132 valence electrons. The molecule has 0 bridgehead atoms. The first-order valence-corrected chi connectivity index (χ1v) is 8.39. The van der Waals surface area contributed by atoms with E-state index in [9.17, 15) is 14.7 Å². The number of benzene rings is 2. The molecule has 0 unspecified atom stereocenters. The van der Waals surface area contributed by atoms with Gasteiger partial charge in [-0.1, -0.05) is 31.0 Å². The summed E-state index contributed by atoms with van der Waals surface area (Å²) in [6.07, 6.45) is 2.03. The number of amides is 1. The van der Waals surface area contributed by atoms with Crippen molar-refractivity contribution < 1.29 is 14.7 Å². The van der Waals surface area contributed by atoms with Gasteiger partial charge in [0.1, 0.15) is 0 Å². The van der Waals surface area contributed by atoms with E-state index in [2.05, 4.69) is 12.2 Å². The molecule has 0 spiro atoms. The first kappa shape index (κ1) is 18.5. The lowest BCUT2D eigenvalue weighted by Gasteiger charge is -2.21. The van der Waals surface area contributed by atoms with E-state index >= 15 is 0 Å². The van der Waals surface area contributed by atoms with Crippen molar-refractivity contribution in [3.8, 4) is 0 Å². The first-order chi connectivity index (χ1) is 11.9. The van der Waals surface area contributed by atoms with Crippen LogP contribution in [0, 0.1) is 6.92 Å². The Morgan fingerprint density at radius 3 is 2.56 bits per heavy atom. The van der Waals surface area contributed by atoms with Crippen LogP contribution in [0.4, 0.5) is 11.4 Å². The van der Waals surface area contributed by atoms with Gasteiger partial charge in [0.2, 0.25) is 0 Å². The molecule has 0 heterocycles. The molecule has 0 aromatic heterocycles. The summed E-state index contributed by atoms with van der Waals surface area (Å²) >= 11 is 0. The number of aromatic carboxylic acids is 1. The molecule has 2 aromatic rings. The second-order valence-corrected chi connectivity index (χ2v) is 6.14. The fourth-order valence-corrected chi connectivity index (χ4v) is 2.62. The molecule has 25 heavy (non-hydrogen) atoms. The van der Waals surface area contributed by atoms with Crippen LogP contribution in [0.5, 0.6) is 0 Å². The number of nitrogens with zero attached hydrogens (tertiary/aromatic N) is 1. The fraction of sp³-hybridized carbons (Fsp3) is 0.300. The minimum atomic E-state index is -1.01. The number of carboxylic acids is 1. The lowest BCUT2D eigenvalue weighted by Crippen LogP contribution is -2.21. The van der Waals surface area contributed by atoms with Crippen molar-refractivity contribution in [1.82, 2.24) is 0 Å². The molecule has 0 saturated carbocycles. The van der Waals surface area contributed by atoms with Crippen molar-refractivity contribution >= 4 is 23.3 Å². The zero-order chi connectivity index (χ0) is 18.4. The van der Waals surface area contributed by atoms with Crippen molar-refractivity contribution in [3.05, 3.63) is 59.2 Å². The molecule has 5 nitrogen and oxygen atoms in total. The molecule has 5 heteroatoms. The summed E-state index contributed by atoms with van der Waals surface area (Å²) in [5.41, 5.74) is 2.83. The first-order valence-electron chi connectivity index (χ1n) is 8.39. The van der Waals surface area contributed by atoms with Crippen molar-refractivity contribution in [2.75, 3.05) is 23.8 Å². The van der Waals surface area contributed by atoms with E-state index in [-0.39, 0.29) is 11.5 Å². The molecular formula is C20H24N2O3. The SMILES string of the molecule is CCCCN(C)c1ccc(NC(=O)c2cccc(C)c2)cc1C(=O)O. The molecule has 0 fully saturated rings. The molecule has 2 aromatic carbocycles. The second-order valence-electron chi connectivity index (χ2n) is 6.14. The lowest BCUT2D eigenvalue weighted by atomic mass is 10.1. The number of carbonyl (C=O) groups is 2. The predicted octanol–water partition coefficient (Wildman–Crippen LogP) is 4.18. The average Bonchev–Trinajstić information content (AvgIpc) is 2.59. The standard InChI is InChI=1S/C20H24N2O3/c1-4-5-11-22(3)18-10-9-16(13-17(18)20(24)25)21-19(23)15-8-6-7-14(2)12-15/h6-10,12-13H,4-5,11H2,1-3H3,(H,21,23)(H,24,25). The summed E-state index contributed by atoms with van der Waals surface area (Å²) in [4.78, 5) is 25.9. The van der Waals surface area contributed by atoms with E-state index in [0.29, 0.717) is 16.9 Å².